The van der Waals surface area contributed by atoms with Crippen molar-refractivity contribution < 1.29 is 27.5 Å². The molecule has 3 aliphatic carbocycles. The van der Waals surface area contributed by atoms with Crippen molar-refractivity contribution in [2.75, 3.05) is 0 Å². The second kappa shape index (κ2) is 8.27. The average molecular weight is 528 g/mol. The number of nitrogens with zero attached hydrogens (tertiary/aromatic N) is 3. The smallest absolute Gasteiger partial charge is 0.380 e. The van der Waals surface area contributed by atoms with Crippen molar-refractivity contribution in [3.8, 4) is 12.3 Å². The van der Waals surface area contributed by atoms with Gasteiger partial charge in [0.25, 0.3) is 6.57 Å². The monoisotopic (exact) mass is 527 g/mol. The Balaban J connectivity index is 1.56. The number of rotatable bonds is 3. The first-order chi connectivity index (χ1) is 18.0. The standard InChI is InChI=1S/C28H26F4N4O2/c1-33-25-10-2-3-17-14-23-18(15-34-36(23)21-8-4-19(29)5-9-21)13-22(17)27(25,24(37)35-20-6-7-20)12-11-26(38,16-25)28(30,31)32/h1,4-5,8-9,13-15,20,38H,2-3,6-7,10-12,16H2/p+1. The van der Waals surface area contributed by atoms with Gasteiger partial charge in [-0.2, -0.15) is 18.3 Å². The highest BCUT2D eigenvalue weighted by Crippen LogP contribution is 2.59. The molecule has 0 spiro atoms. The number of hydrogen-bond acceptors (Lipinski definition) is 3. The zero-order valence-corrected chi connectivity index (χ0v) is 20.6. The molecular formula is C28H27F4N4O2+. The minimum absolute atomic E-state index is 0.0348. The maximum absolute atomic E-state index is 14.1. The summed E-state index contributed by atoms with van der Waals surface area (Å²) in [4.78, 5) is 18.1. The summed E-state index contributed by atoms with van der Waals surface area (Å²) in [6, 6.07) is 9.57. The molecule has 0 bridgehead atoms. The van der Waals surface area contributed by atoms with Gasteiger partial charge in [-0.3, -0.25) is 4.79 Å². The number of nitrogens with one attached hydrogen (secondary N) is 1. The number of carbonyl (C=O) groups is 1. The van der Waals surface area contributed by atoms with Crippen molar-refractivity contribution in [3.63, 3.8) is 0 Å². The van der Waals surface area contributed by atoms with Gasteiger partial charge >= 0.3 is 11.7 Å². The molecule has 2 aromatic carbocycles. The van der Waals surface area contributed by atoms with Gasteiger partial charge in [0.05, 0.1) is 23.8 Å². The molecule has 3 aliphatic rings. The van der Waals surface area contributed by atoms with E-state index >= 15 is 0 Å². The number of aryl methyl sites for hydroxylation is 1. The summed E-state index contributed by atoms with van der Waals surface area (Å²) in [5, 5.41) is 18.9. The lowest BCUT2D eigenvalue weighted by molar-refractivity contribution is -0.278. The van der Waals surface area contributed by atoms with Crippen LogP contribution in [0.25, 0.3) is 21.4 Å². The highest BCUT2D eigenvalue weighted by molar-refractivity contribution is 5.94. The van der Waals surface area contributed by atoms with E-state index in [1.807, 2.05) is 12.1 Å². The van der Waals surface area contributed by atoms with Gasteiger partial charge in [-0.15, -0.1) is 0 Å². The molecule has 1 heterocycles. The van der Waals surface area contributed by atoms with E-state index in [1.165, 1.54) is 12.1 Å². The van der Waals surface area contributed by atoms with Crippen LogP contribution < -0.4 is 5.32 Å². The molecule has 2 N–H and O–H groups in total. The Morgan fingerprint density at radius 3 is 2.55 bits per heavy atom. The van der Waals surface area contributed by atoms with Crippen LogP contribution in [0.1, 0.15) is 56.1 Å². The molecule has 6 nitrogen and oxygen atoms in total. The van der Waals surface area contributed by atoms with Gasteiger partial charge in [0.1, 0.15) is 5.82 Å². The summed E-state index contributed by atoms with van der Waals surface area (Å²) < 4.78 is 57.4. The van der Waals surface area contributed by atoms with Crippen LogP contribution in [0.5, 0.6) is 0 Å². The molecule has 10 heteroatoms. The lowest BCUT2D eigenvalue weighted by atomic mass is 9.53. The average Bonchev–Trinajstić information content (AvgIpc) is 3.62. The molecule has 38 heavy (non-hydrogen) atoms. The van der Waals surface area contributed by atoms with E-state index in [4.69, 9.17) is 6.57 Å². The Morgan fingerprint density at radius 2 is 1.89 bits per heavy atom. The number of aromatic nitrogens is 2. The summed E-state index contributed by atoms with van der Waals surface area (Å²) in [7, 11) is 0. The van der Waals surface area contributed by atoms with Gasteiger partial charge in [-0.1, -0.05) is 4.85 Å². The van der Waals surface area contributed by atoms with Crippen LogP contribution >= 0.6 is 0 Å². The molecule has 198 valence electrons. The summed E-state index contributed by atoms with van der Waals surface area (Å²) in [6.45, 7) is 5.93. The SMILES string of the molecule is C#[N+]C12CCCc3cc4c(cnn4-c4ccc(F)cc4)cc3C1(C(=O)NC1CC1)CCC(O)(C(F)(F)F)C2. The van der Waals surface area contributed by atoms with Crippen LogP contribution in [-0.2, 0) is 16.6 Å². The lowest BCUT2D eigenvalue weighted by Gasteiger charge is -2.48. The number of benzene rings is 2. The van der Waals surface area contributed by atoms with E-state index in [0.29, 0.717) is 29.5 Å². The Bertz CT molecular complexity index is 1470. The number of carbonyl (C=O) groups excluding carboxylic acids is 1. The summed E-state index contributed by atoms with van der Waals surface area (Å²) in [5.74, 6) is -0.771. The van der Waals surface area contributed by atoms with E-state index in [0.717, 1.165) is 23.9 Å². The van der Waals surface area contributed by atoms with Gasteiger partial charge in [-0.05, 0) is 86.1 Å². The van der Waals surface area contributed by atoms with E-state index in [9.17, 15) is 27.5 Å². The number of fused-ring (bicyclic) bond motifs is 4. The maximum atomic E-state index is 14.1. The van der Waals surface area contributed by atoms with Crippen molar-refractivity contribution in [1.82, 2.24) is 15.1 Å². The molecule has 3 atom stereocenters. The molecule has 2 saturated carbocycles. The molecule has 0 aliphatic heterocycles. The van der Waals surface area contributed by atoms with E-state index < -0.39 is 41.5 Å². The van der Waals surface area contributed by atoms with Crippen molar-refractivity contribution in [1.29, 1.82) is 0 Å². The van der Waals surface area contributed by atoms with E-state index in [2.05, 4.69) is 15.3 Å². The predicted octanol–water partition coefficient (Wildman–Crippen LogP) is 5.20. The summed E-state index contributed by atoms with van der Waals surface area (Å²) in [6.07, 6.45) is -2.32. The van der Waals surface area contributed by atoms with Crippen LogP contribution in [0.3, 0.4) is 0 Å². The molecular weight excluding hydrogens is 500 g/mol. The van der Waals surface area contributed by atoms with Crippen LogP contribution in [0.4, 0.5) is 17.6 Å². The van der Waals surface area contributed by atoms with Crippen molar-refractivity contribution in [3.05, 3.63) is 64.4 Å². The van der Waals surface area contributed by atoms with Crippen LogP contribution in [0, 0.1) is 12.4 Å². The molecule has 1 aromatic heterocycles. The normalized spacial score (nSPS) is 29.2. The highest BCUT2D eigenvalue weighted by atomic mass is 19.4. The zero-order valence-electron chi connectivity index (χ0n) is 20.6. The fourth-order valence-corrected chi connectivity index (χ4v) is 6.56. The lowest BCUT2D eigenvalue weighted by Crippen LogP contribution is -2.67. The maximum Gasteiger partial charge on any atom is 0.417 e. The van der Waals surface area contributed by atoms with Crippen molar-refractivity contribution >= 4 is 16.8 Å². The third kappa shape index (κ3) is 3.55. The Labute approximate surface area is 216 Å². The van der Waals surface area contributed by atoms with Gasteiger partial charge < -0.3 is 10.4 Å². The third-order valence-electron chi connectivity index (χ3n) is 8.73. The zero-order chi connectivity index (χ0) is 26.9. The molecule has 0 saturated heterocycles. The van der Waals surface area contributed by atoms with E-state index in [-0.39, 0.29) is 24.7 Å². The van der Waals surface area contributed by atoms with Crippen LogP contribution in [-0.4, -0.2) is 44.2 Å². The first-order valence-electron chi connectivity index (χ1n) is 12.8. The van der Waals surface area contributed by atoms with E-state index in [1.54, 1.807) is 23.0 Å². The quantitative estimate of drug-likeness (QED) is 0.461. The topological polar surface area (TPSA) is 71.5 Å². The van der Waals surface area contributed by atoms with Crippen molar-refractivity contribution in [2.45, 2.75) is 80.1 Å². The molecule has 3 unspecified atom stereocenters. The molecule has 6 rings (SSSR count). The number of alkyl halides is 3. The fraction of sp³-hybridized carbons (Fsp3) is 0.464. The van der Waals surface area contributed by atoms with Crippen molar-refractivity contribution in [2.24, 2.45) is 0 Å². The minimum Gasteiger partial charge on any atom is -0.380 e. The van der Waals surface area contributed by atoms with Gasteiger partial charge in [0.2, 0.25) is 5.91 Å². The molecule has 1 amide bonds. The predicted molar refractivity (Wildman–Crippen MR) is 133 cm³/mol. The second-order valence-corrected chi connectivity index (χ2v) is 11.0. The first kappa shape index (κ1) is 24.9. The second-order valence-electron chi connectivity index (χ2n) is 11.0. The molecule has 0 radical (unpaired) electrons. The summed E-state index contributed by atoms with van der Waals surface area (Å²) in [5.41, 5.74) is -3.38. The number of halogens is 4. The number of aliphatic hydroxyl groups is 1. The fourth-order valence-electron chi connectivity index (χ4n) is 6.56. The molecule has 2 fully saturated rings. The largest absolute Gasteiger partial charge is 0.417 e. The Hall–Kier alpha value is -3.45. The van der Waals surface area contributed by atoms with Gasteiger partial charge in [0.15, 0.2) is 11.0 Å². The third-order valence-corrected chi connectivity index (χ3v) is 8.73. The van der Waals surface area contributed by atoms with Gasteiger partial charge in [0, 0.05) is 17.8 Å². The number of hydrogen-bond donors (Lipinski definition) is 2. The summed E-state index contributed by atoms with van der Waals surface area (Å²) >= 11 is 0. The molecule has 3 aromatic rings. The van der Waals surface area contributed by atoms with Gasteiger partial charge in [-0.25, -0.2) is 9.07 Å². The van der Waals surface area contributed by atoms with Crippen LogP contribution in [0.15, 0.2) is 42.6 Å². The Morgan fingerprint density at radius 1 is 1.16 bits per heavy atom. The Kier molecular flexibility index (Phi) is 5.41. The van der Waals surface area contributed by atoms with Crippen LogP contribution in [0.2, 0.25) is 0 Å². The highest BCUT2D eigenvalue weighted by Gasteiger charge is 2.75. The first-order valence-corrected chi connectivity index (χ1v) is 12.8. The minimum atomic E-state index is -4.89. The number of amides is 1.